The van der Waals surface area contributed by atoms with Gasteiger partial charge in [-0.15, -0.1) is 0 Å². The van der Waals surface area contributed by atoms with Gasteiger partial charge >= 0.3 is 0 Å². The lowest BCUT2D eigenvalue weighted by Crippen LogP contribution is -2.45. The summed E-state index contributed by atoms with van der Waals surface area (Å²) in [7, 11) is 0. The van der Waals surface area contributed by atoms with Gasteiger partial charge in [0, 0.05) is 11.3 Å². The first kappa shape index (κ1) is 17.2. The molecule has 0 aromatic heterocycles. The standard InChI is InChI=1S/C18H34N2S/c1-7-13(8-2)15-11-19-16(21-15)20-14-9-17(3,4)12-18(5,6)10-14/h13-15H,7-12H2,1-6H3,(H,19,20). The van der Waals surface area contributed by atoms with Gasteiger partial charge in [0.2, 0.25) is 0 Å². The second-order valence-corrected chi connectivity index (χ2v) is 9.86. The Morgan fingerprint density at radius 1 is 1.14 bits per heavy atom. The van der Waals surface area contributed by atoms with Crippen molar-refractivity contribution in [2.24, 2.45) is 21.7 Å². The average Bonchev–Trinajstić information content (AvgIpc) is 2.74. The molecule has 0 aromatic rings. The Labute approximate surface area is 135 Å². The molecule has 1 heterocycles. The zero-order valence-corrected chi connectivity index (χ0v) is 15.6. The Morgan fingerprint density at radius 3 is 2.24 bits per heavy atom. The Bertz CT molecular complexity index is 367. The van der Waals surface area contributed by atoms with Gasteiger partial charge in [-0.3, -0.25) is 4.99 Å². The van der Waals surface area contributed by atoms with Crippen molar-refractivity contribution in [2.75, 3.05) is 6.54 Å². The highest BCUT2D eigenvalue weighted by atomic mass is 32.2. The van der Waals surface area contributed by atoms with Crippen molar-refractivity contribution in [3.8, 4) is 0 Å². The lowest BCUT2D eigenvalue weighted by Gasteiger charge is -2.45. The van der Waals surface area contributed by atoms with E-state index in [1.54, 1.807) is 0 Å². The molecule has 2 nitrogen and oxygen atoms in total. The van der Waals surface area contributed by atoms with Crippen LogP contribution in [-0.4, -0.2) is 23.0 Å². The summed E-state index contributed by atoms with van der Waals surface area (Å²) >= 11 is 2.00. The van der Waals surface area contributed by atoms with Crippen LogP contribution in [0, 0.1) is 16.7 Å². The molecule has 1 aliphatic carbocycles. The predicted molar refractivity (Wildman–Crippen MR) is 96.1 cm³/mol. The summed E-state index contributed by atoms with van der Waals surface area (Å²) in [5.74, 6) is 0.817. The van der Waals surface area contributed by atoms with Gasteiger partial charge in [0.15, 0.2) is 5.17 Å². The fourth-order valence-electron chi connectivity index (χ4n) is 4.65. The third-order valence-corrected chi connectivity index (χ3v) is 6.44. The van der Waals surface area contributed by atoms with E-state index in [-0.39, 0.29) is 0 Å². The maximum Gasteiger partial charge on any atom is 0.157 e. The van der Waals surface area contributed by atoms with Crippen molar-refractivity contribution in [2.45, 2.75) is 84.9 Å². The van der Waals surface area contributed by atoms with Crippen LogP contribution in [0.15, 0.2) is 4.99 Å². The lowest BCUT2D eigenvalue weighted by molar-refractivity contribution is 0.0925. The maximum absolute atomic E-state index is 4.79. The van der Waals surface area contributed by atoms with E-state index in [2.05, 4.69) is 46.9 Å². The van der Waals surface area contributed by atoms with Crippen LogP contribution in [0.4, 0.5) is 0 Å². The molecule has 0 amide bonds. The summed E-state index contributed by atoms with van der Waals surface area (Å²) in [5.41, 5.74) is 0.885. The van der Waals surface area contributed by atoms with E-state index < -0.39 is 0 Å². The highest BCUT2D eigenvalue weighted by Crippen LogP contribution is 2.46. The molecule has 0 radical (unpaired) electrons. The quantitative estimate of drug-likeness (QED) is 0.782. The van der Waals surface area contributed by atoms with E-state index >= 15 is 0 Å². The molecule has 0 saturated heterocycles. The predicted octanol–water partition coefficient (Wildman–Crippen LogP) is 5.09. The molecule has 1 N–H and O–H groups in total. The SMILES string of the molecule is CCC(CC)C1CN=C(NC2CC(C)(C)CC(C)(C)C2)S1. The van der Waals surface area contributed by atoms with Crippen LogP contribution in [0.2, 0.25) is 0 Å². The molecule has 21 heavy (non-hydrogen) atoms. The van der Waals surface area contributed by atoms with Crippen molar-refractivity contribution >= 4 is 16.9 Å². The van der Waals surface area contributed by atoms with Crippen LogP contribution >= 0.6 is 11.8 Å². The number of amidine groups is 1. The average molecular weight is 311 g/mol. The zero-order chi connectivity index (χ0) is 15.7. The minimum absolute atomic E-state index is 0.442. The molecule has 1 aliphatic heterocycles. The minimum atomic E-state index is 0.442. The first-order valence-electron chi connectivity index (χ1n) is 8.72. The number of aliphatic imine (C=N–C) groups is 1. The fraction of sp³-hybridized carbons (Fsp3) is 0.944. The van der Waals surface area contributed by atoms with E-state index in [1.165, 1.54) is 37.3 Å². The second-order valence-electron chi connectivity index (χ2n) is 8.63. The Hall–Kier alpha value is -0.180. The first-order chi connectivity index (χ1) is 9.74. The Kier molecular flexibility index (Phi) is 5.33. The third kappa shape index (κ3) is 4.64. The molecule has 0 bridgehead atoms. The number of nitrogens with zero attached hydrogens (tertiary/aromatic N) is 1. The van der Waals surface area contributed by atoms with Crippen molar-refractivity contribution in [3.05, 3.63) is 0 Å². The molecule has 1 fully saturated rings. The minimum Gasteiger partial charge on any atom is -0.362 e. The number of rotatable bonds is 4. The van der Waals surface area contributed by atoms with Crippen molar-refractivity contribution in [3.63, 3.8) is 0 Å². The number of thioether (sulfide) groups is 1. The summed E-state index contributed by atoms with van der Waals surface area (Å²) < 4.78 is 0. The molecule has 2 rings (SSSR count). The van der Waals surface area contributed by atoms with Crippen LogP contribution in [0.1, 0.15) is 73.6 Å². The summed E-state index contributed by atoms with van der Waals surface area (Å²) in [4.78, 5) is 4.79. The molecule has 3 heteroatoms. The summed E-state index contributed by atoms with van der Waals surface area (Å²) in [5, 5.41) is 5.69. The molecular weight excluding hydrogens is 276 g/mol. The van der Waals surface area contributed by atoms with Crippen LogP contribution in [0.5, 0.6) is 0 Å². The van der Waals surface area contributed by atoms with Gasteiger partial charge in [-0.2, -0.15) is 0 Å². The molecular formula is C18H34N2S. The van der Waals surface area contributed by atoms with Gasteiger partial charge in [0.05, 0.1) is 6.54 Å². The van der Waals surface area contributed by atoms with E-state index in [1.807, 2.05) is 11.8 Å². The van der Waals surface area contributed by atoms with Crippen molar-refractivity contribution < 1.29 is 0 Å². The van der Waals surface area contributed by atoms with Gasteiger partial charge in [-0.25, -0.2) is 0 Å². The van der Waals surface area contributed by atoms with Crippen LogP contribution < -0.4 is 5.32 Å². The number of hydrogen-bond donors (Lipinski definition) is 1. The molecule has 0 spiro atoms. The normalized spacial score (nSPS) is 28.7. The van der Waals surface area contributed by atoms with Gasteiger partial charge in [-0.1, -0.05) is 66.1 Å². The molecule has 122 valence electrons. The van der Waals surface area contributed by atoms with Crippen molar-refractivity contribution in [1.29, 1.82) is 0 Å². The molecule has 1 unspecified atom stereocenters. The molecule has 1 atom stereocenters. The topological polar surface area (TPSA) is 24.4 Å². The third-order valence-electron chi connectivity index (χ3n) is 5.14. The van der Waals surface area contributed by atoms with E-state index in [4.69, 9.17) is 4.99 Å². The monoisotopic (exact) mass is 310 g/mol. The summed E-state index contributed by atoms with van der Waals surface area (Å²) in [6, 6.07) is 0.593. The summed E-state index contributed by atoms with van der Waals surface area (Å²) in [6.07, 6.45) is 6.42. The van der Waals surface area contributed by atoms with E-state index in [9.17, 15) is 0 Å². The smallest absolute Gasteiger partial charge is 0.157 e. The Balaban J connectivity index is 1.91. The van der Waals surface area contributed by atoms with Gasteiger partial charge in [-0.05, 0) is 36.0 Å². The van der Waals surface area contributed by atoms with Gasteiger partial charge in [0.1, 0.15) is 0 Å². The fourth-order valence-corrected chi connectivity index (χ4v) is 6.05. The highest BCUT2D eigenvalue weighted by Gasteiger charge is 2.39. The van der Waals surface area contributed by atoms with Gasteiger partial charge < -0.3 is 5.32 Å². The van der Waals surface area contributed by atoms with Gasteiger partial charge in [0.25, 0.3) is 0 Å². The number of hydrogen-bond acceptors (Lipinski definition) is 3. The van der Waals surface area contributed by atoms with Crippen LogP contribution in [0.3, 0.4) is 0 Å². The molecule has 0 aromatic carbocycles. The first-order valence-corrected chi connectivity index (χ1v) is 9.60. The highest BCUT2D eigenvalue weighted by molar-refractivity contribution is 8.14. The van der Waals surface area contributed by atoms with Crippen LogP contribution in [0.25, 0.3) is 0 Å². The second kappa shape index (κ2) is 6.52. The lowest BCUT2D eigenvalue weighted by atomic mass is 9.63. The van der Waals surface area contributed by atoms with E-state index in [0.717, 1.165) is 12.5 Å². The maximum atomic E-state index is 4.79. The zero-order valence-electron chi connectivity index (χ0n) is 14.8. The summed E-state index contributed by atoms with van der Waals surface area (Å²) in [6.45, 7) is 15.3. The molecule has 2 aliphatic rings. The Morgan fingerprint density at radius 2 is 1.71 bits per heavy atom. The van der Waals surface area contributed by atoms with Crippen molar-refractivity contribution in [1.82, 2.24) is 5.32 Å². The largest absolute Gasteiger partial charge is 0.362 e. The van der Waals surface area contributed by atoms with Crippen LogP contribution in [-0.2, 0) is 0 Å². The van der Waals surface area contributed by atoms with E-state index in [0.29, 0.717) is 22.1 Å². The number of nitrogens with one attached hydrogen (secondary N) is 1. The molecule has 1 saturated carbocycles.